The highest BCUT2D eigenvalue weighted by Gasteiger charge is 2.14. The van der Waals surface area contributed by atoms with Crippen molar-refractivity contribution in [1.29, 1.82) is 0 Å². The second-order valence-electron chi connectivity index (χ2n) is 6.25. The second-order valence-corrected chi connectivity index (χ2v) is 7.67. The topological polar surface area (TPSA) is 87.0 Å². The zero-order valence-corrected chi connectivity index (χ0v) is 18.4. The fraction of sp³-hybridized carbons (Fsp3) is 0.182. The Bertz CT molecular complexity index is 1240. The molecule has 0 saturated heterocycles. The molecule has 0 aliphatic heterocycles. The number of fused-ring (bicyclic) bond motifs is 1. The Hall–Kier alpha value is -3.23. The third kappa shape index (κ3) is 5.48. The molecule has 0 aliphatic rings. The quantitative estimate of drug-likeness (QED) is 0.413. The van der Waals surface area contributed by atoms with E-state index >= 15 is 0 Å². The summed E-state index contributed by atoms with van der Waals surface area (Å²) in [7, 11) is 1.30. The predicted octanol–water partition coefficient (Wildman–Crippen LogP) is 3.85. The van der Waals surface area contributed by atoms with Crippen molar-refractivity contribution in [3.05, 3.63) is 69.5 Å². The number of nitrogens with zero attached hydrogens (tertiary/aromatic N) is 2. The van der Waals surface area contributed by atoms with Crippen LogP contribution in [-0.4, -0.2) is 36.1 Å². The number of rotatable bonds is 6. The summed E-state index contributed by atoms with van der Waals surface area (Å²) >= 11 is 7.28. The Morgan fingerprint density at radius 2 is 1.97 bits per heavy atom. The summed E-state index contributed by atoms with van der Waals surface area (Å²) < 4.78 is 12.1. The summed E-state index contributed by atoms with van der Waals surface area (Å²) in [6, 6.07) is 12.0. The molecule has 160 valence electrons. The van der Waals surface area contributed by atoms with Crippen molar-refractivity contribution < 1.29 is 23.9 Å². The van der Waals surface area contributed by atoms with Crippen LogP contribution in [-0.2, 0) is 25.6 Å². The lowest BCUT2D eigenvalue weighted by atomic mass is 10.2. The standard InChI is InChI=1S/C22H19ClN2O5S/c1-3-30-20(27)13-25-17-10-8-15(21(28)29-2)12-18(17)31-22(25)24-19(26)11-9-14-6-4-5-7-16(14)23/h4-12H,3,13H2,1-2H3. The lowest BCUT2D eigenvalue weighted by molar-refractivity contribution is -0.143. The Morgan fingerprint density at radius 1 is 1.19 bits per heavy atom. The molecule has 0 radical (unpaired) electrons. The van der Waals surface area contributed by atoms with E-state index in [1.54, 1.807) is 54.0 Å². The van der Waals surface area contributed by atoms with Gasteiger partial charge in [0.2, 0.25) is 0 Å². The van der Waals surface area contributed by atoms with Gasteiger partial charge in [0.25, 0.3) is 5.91 Å². The molecule has 0 fully saturated rings. The van der Waals surface area contributed by atoms with Crippen LogP contribution in [0.1, 0.15) is 22.8 Å². The van der Waals surface area contributed by atoms with Gasteiger partial charge in [-0.15, -0.1) is 0 Å². The molecule has 1 aromatic heterocycles. The van der Waals surface area contributed by atoms with Crippen molar-refractivity contribution in [1.82, 2.24) is 4.57 Å². The monoisotopic (exact) mass is 458 g/mol. The van der Waals surface area contributed by atoms with E-state index in [4.69, 9.17) is 21.1 Å². The average Bonchev–Trinajstić information content (AvgIpc) is 3.08. The Labute approximate surface area is 187 Å². The molecule has 9 heteroatoms. The maximum atomic E-state index is 12.5. The minimum absolute atomic E-state index is 0.119. The number of amides is 1. The molecule has 0 saturated carbocycles. The van der Waals surface area contributed by atoms with E-state index in [1.165, 1.54) is 24.5 Å². The third-order valence-corrected chi connectivity index (χ3v) is 5.60. The highest BCUT2D eigenvalue weighted by molar-refractivity contribution is 7.16. The summed E-state index contributed by atoms with van der Waals surface area (Å²) in [6.45, 7) is 1.83. The van der Waals surface area contributed by atoms with E-state index < -0.39 is 17.8 Å². The summed E-state index contributed by atoms with van der Waals surface area (Å²) in [5.74, 6) is -1.46. The van der Waals surface area contributed by atoms with Crippen LogP contribution >= 0.6 is 22.9 Å². The van der Waals surface area contributed by atoms with Crippen LogP contribution in [0.15, 0.2) is 53.5 Å². The van der Waals surface area contributed by atoms with Crippen LogP contribution < -0.4 is 4.80 Å². The Kier molecular flexibility index (Phi) is 7.38. The molecule has 3 aromatic rings. The SMILES string of the molecule is CCOC(=O)Cn1c(=NC(=O)C=Cc2ccccc2Cl)sc2cc(C(=O)OC)ccc21. The first-order valence-electron chi connectivity index (χ1n) is 9.31. The number of carbonyl (C=O) groups excluding carboxylic acids is 3. The fourth-order valence-electron chi connectivity index (χ4n) is 2.79. The minimum atomic E-state index is -0.516. The lowest BCUT2D eigenvalue weighted by Gasteiger charge is -2.05. The van der Waals surface area contributed by atoms with Crippen molar-refractivity contribution in [2.75, 3.05) is 13.7 Å². The van der Waals surface area contributed by atoms with E-state index in [1.807, 2.05) is 6.07 Å². The van der Waals surface area contributed by atoms with Gasteiger partial charge in [0.15, 0.2) is 4.80 Å². The van der Waals surface area contributed by atoms with Crippen LogP contribution in [0.4, 0.5) is 0 Å². The number of halogens is 1. The minimum Gasteiger partial charge on any atom is -0.465 e. The lowest BCUT2D eigenvalue weighted by Crippen LogP contribution is -2.22. The summed E-state index contributed by atoms with van der Waals surface area (Å²) in [6.07, 6.45) is 2.88. The van der Waals surface area contributed by atoms with Gasteiger partial charge in [-0.3, -0.25) is 9.59 Å². The van der Waals surface area contributed by atoms with Gasteiger partial charge >= 0.3 is 11.9 Å². The van der Waals surface area contributed by atoms with Crippen molar-refractivity contribution in [3.8, 4) is 0 Å². The smallest absolute Gasteiger partial charge is 0.337 e. The highest BCUT2D eigenvalue weighted by Crippen LogP contribution is 2.20. The van der Waals surface area contributed by atoms with Crippen molar-refractivity contribution in [2.45, 2.75) is 13.5 Å². The summed E-state index contributed by atoms with van der Waals surface area (Å²) in [4.78, 5) is 40.8. The van der Waals surface area contributed by atoms with Crippen LogP contribution in [0, 0.1) is 0 Å². The number of hydrogen-bond acceptors (Lipinski definition) is 6. The first kappa shape index (κ1) is 22.5. The van der Waals surface area contributed by atoms with E-state index in [0.717, 1.165) is 0 Å². The van der Waals surface area contributed by atoms with Crippen LogP contribution in [0.3, 0.4) is 0 Å². The highest BCUT2D eigenvalue weighted by atomic mass is 35.5. The molecule has 0 atom stereocenters. The Balaban J connectivity index is 2.03. The second kappa shape index (κ2) is 10.2. The molecule has 1 amide bonds. The van der Waals surface area contributed by atoms with Crippen LogP contribution in [0.5, 0.6) is 0 Å². The number of hydrogen-bond donors (Lipinski definition) is 0. The first-order chi connectivity index (χ1) is 14.9. The number of ether oxygens (including phenoxy) is 2. The molecule has 3 rings (SSSR count). The molecule has 7 nitrogen and oxygen atoms in total. The van der Waals surface area contributed by atoms with E-state index in [0.29, 0.717) is 31.2 Å². The molecule has 0 bridgehead atoms. The number of carbonyl (C=O) groups is 3. The van der Waals surface area contributed by atoms with Gasteiger partial charge in [-0.25, -0.2) is 4.79 Å². The zero-order valence-electron chi connectivity index (χ0n) is 16.8. The average molecular weight is 459 g/mol. The molecule has 2 aromatic carbocycles. The van der Waals surface area contributed by atoms with Crippen molar-refractivity contribution in [2.24, 2.45) is 4.99 Å². The van der Waals surface area contributed by atoms with Crippen molar-refractivity contribution >= 4 is 57.1 Å². The molecule has 0 N–H and O–H groups in total. The van der Waals surface area contributed by atoms with Crippen LogP contribution in [0.25, 0.3) is 16.3 Å². The maximum absolute atomic E-state index is 12.5. The number of thiazole rings is 1. The molecule has 0 spiro atoms. The van der Waals surface area contributed by atoms with E-state index in [9.17, 15) is 14.4 Å². The number of aromatic nitrogens is 1. The van der Waals surface area contributed by atoms with Gasteiger partial charge in [-0.2, -0.15) is 4.99 Å². The van der Waals surface area contributed by atoms with Gasteiger partial charge in [-0.05, 0) is 42.8 Å². The number of methoxy groups -OCH3 is 1. The van der Waals surface area contributed by atoms with Gasteiger partial charge in [-0.1, -0.05) is 41.1 Å². The number of benzene rings is 2. The summed E-state index contributed by atoms with van der Waals surface area (Å²) in [5, 5.41) is 0.515. The molecule has 1 heterocycles. The first-order valence-corrected chi connectivity index (χ1v) is 10.5. The fourth-order valence-corrected chi connectivity index (χ4v) is 4.07. The molecule has 31 heavy (non-hydrogen) atoms. The molecular formula is C22H19ClN2O5S. The number of esters is 2. The van der Waals surface area contributed by atoms with Crippen molar-refractivity contribution in [3.63, 3.8) is 0 Å². The van der Waals surface area contributed by atoms with Crippen LogP contribution in [0.2, 0.25) is 5.02 Å². The van der Waals surface area contributed by atoms with Gasteiger partial charge in [0, 0.05) is 11.1 Å². The Morgan fingerprint density at radius 3 is 2.68 bits per heavy atom. The maximum Gasteiger partial charge on any atom is 0.337 e. The largest absolute Gasteiger partial charge is 0.465 e. The normalized spacial score (nSPS) is 11.8. The van der Waals surface area contributed by atoms with E-state index in [-0.39, 0.29) is 13.2 Å². The third-order valence-electron chi connectivity index (χ3n) is 4.21. The van der Waals surface area contributed by atoms with E-state index in [2.05, 4.69) is 4.99 Å². The van der Waals surface area contributed by atoms with Gasteiger partial charge < -0.3 is 14.0 Å². The summed E-state index contributed by atoms with van der Waals surface area (Å²) in [5.41, 5.74) is 1.69. The molecule has 0 aliphatic carbocycles. The van der Waals surface area contributed by atoms with Gasteiger partial charge in [0.05, 0.1) is 29.5 Å². The predicted molar refractivity (Wildman–Crippen MR) is 119 cm³/mol. The zero-order chi connectivity index (χ0) is 22.4. The molecular weight excluding hydrogens is 440 g/mol. The molecule has 0 unspecified atom stereocenters. The van der Waals surface area contributed by atoms with Gasteiger partial charge in [0.1, 0.15) is 6.54 Å².